The number of hydrogen-bond acceptors (Lipinski definition) is 5. The van der Waals surface area contributed by atoms with Crippen LogP contribution in [0.4, 0.5) is 4.39 Å². The molecule has 0 radical (unpaired) electrons. The molecule has 0 bridgehead atoms. The van der Waals surface area contributed by atoms with E-state index in [-0.39, 0.29) is 22.9 Å². The van der Waals surface area contributed by atoms with Crippen LogP contribution in [-0.2, 0) is 14.4 Å². The number of halogens is 4. The number of Topliss-reactive ketones (excluding diaryl/α,β-unsaturated/α-hetero) is 1. The summed E-state index contributed by atoms with van der Waals surface area (Å²) in [6.07, 6.45) is 0.846. The Morgan fingerprint density at radius 3 is 2.55 bits per heavy atom. The highest BCUT2D eigenvalue weighted by Crippen LogP contribution is 2.73. The number of rotatable bonds is 4. The summed E-state index contributed by atoms with van der Waals surface area (Å²) in [5.74, 6) is -4.86. The Balaban J connectivity index is 1.96. The second-order valence-corrected chi connectivity index (χ2v) is 12.3. The van der Waals surface area contributed by atoms with Crippen molar-refractivity contribution < 1.29 is 34.1 Å². The molecular formula is C23H26BrCl2FO6. The van der Waals surface area contributed by atoms with Gasteiger partial charge in [-0.15, -0.1) is 23.2 Å². The van der Waals surface area contributed by atoms with Crippen LogP contribution in [0.3, 0.4) is 0 Å². The molecule has 0 spiro atoms. The van der Waals surface area contributed by atoms with Gasteiger partial charge in [0.15, 0.2) is 11.6 Å². The fraction of sp³-hybridized carbons (Fsp3) is 0.696. The smallest absolute Gasteiger partial charge is 0.303 e. The minimum Gasteiger partial charge on any atom is -0.481 e. The predicted molar refractivity (Wildman–Crippen MR) is 123 cm³/mol. The molecule has 0 aromatic heterocycles. The van der Waals surface area contributed by atoms with Crippen LogP contribution in [0.5, 0.6) is 0 Å². The van der Waals surface area contributed by atoms with Gasteiger partial charge in [-0.1, -0.05) is 19.9 Å². The molecule has 0 aliphatic heterocycles. The number of aliphatic hydroxyl groups excluding tert-OH is 1. The van der Waals surface area contributed by atoms with E-state index >= 15 is 4.39 Å². The Bertz CT molecular complexity index is 1000. The first-order valence-corrected chi connectivity index (χ1v) is 12.5. The summed E-state index contributed by atoms with van der Waals surface area (Å²) in [6.45, 7) is 2.54. The number of hydrogen-bond donors (Lipinski definition) is 3. The molecule has 6 nitrogen and oxygen atoms in total. The van der Waals surface area contributed by atoms with Gasteiger partial charge in [0.05, 0.1) is 21.2 Å². The molecule has 1 unspecified atom stereocenters. The van der Waals surface area contributed by atoms with Crippen LogP contribution in [0.1, 0.15) is 39.5 Å². The van der Waals surface area contributed by atoms with E-state index in [1.54, 1.807) is 19.9 Å². The molecule has 9 atom stereocenters. The van der Waals surface area contributed by atoms with Crippen molar-refractivity contribution in [2.24, 2.45) is 28.6 Å². The Hall–Kier alpha value is -0.800. The minimum absolute atomic E-state index is 0.0365. The number of carboxylic acid groups (broad SMARTS) is 1. The van der Waals surface area contributed by atoms with Gasteiger partial charge in [-0.3, -0.25) is 14.4 Å². The van der Waals surface area contributed by atoms with E-state index in [1.165, 1.54) is 6.08 Å². The quantitative estimate of drug-likeness (QED) is 0.448. The van der Waals surface area contributed by atoms with Gasteiger partial charge in [-0.05, 0) is 58.7 Å². The number of alkyl halides is 3. The van der Waals surface area contributed by atoms with Crippen molar-refractivity contribution in [3.8, 4) is 0 Å². The zero-order chi connectivity index (χ0) is 24.7. The molecule has 3 fully saturated rings. The van der Waals surface area contributed by atoms with Crippen LogP contribution in [-0.4, -0.2) is 61.5 Å². The number of carbonyl (C=O) groups excluding carboxylic acids is 2. The molecule has 33 heavy (non-hydrogen) atoms. The number of carbonyl (C=O) groups is 3. The van der Waals surface area contributed by atoms with Crippen LogP contribution in [0.15, 0.2) is 22.2 Å². The first kappa shape index (κ1) is 25.3. The van der Waals surface area contributed by atoms with Gasteiger partial charge in [0.25, 0.3) is 0 Å². The summed E-state index contributed by atoms with van der Waals surface area (Å²) < 4.78 is 16.4. The first-order valence-electron chi connectivity index (χ1n) is 10.9. The molecule has 0 aromatic rings. The lowest BCUT2D eigenvalue weighted by Crippen LogP contribution is -2.71. The van der Waals surface area contributed by atoms with Gasteiger partial charge in [-0.2, -0.15) is 0 Å². The Morgan fingerprint density at radius 1 is 1.33 bits per heavy atom. The van der Waals surface area contributed by atoms with E-state index in [1.807, 2.05) is 0 Å². The molecule has 0 saturated heterocycles. The third-order valence-electron chi connectivity index (χ3n) is 9.04. The van der Waals surface area contributed by atoms with Crippen LogP contribution >= 0.6 is 39.1 Å². The molecule has 4 aliphatic carbocycles. The van der Waals surface area contributed by atoms with Crippen LogP contribution < -0.4 is 0 Å². The van der Waals surface area contributed by atoms with E-state index in [9.17, 15) is 29.7 Å². The summed E-state index contributed by atoms with van der Waals surface area (Å²) in [5, 5.41) is 29.7. The van der Waals surface area contributed by atoms with Crippen molar-refractivity contribution in [2.45, 2.75) is 61.6 Å². The maximum absolute atomic E-state index is 16.2. The summed E-state index contributed by atoms with van der Waals surface area (Å²) in [7, 11) is 0. The van der Waals surface area contributed by atoms with Crippen LogP contribution in [0.25, 0.3) is 0 Å². The zero-order valence-corrected chi connectivity index (χ0v) is 21.3. The monoisotopic (exact) mass is 566 g/mol. The Kier molecular flexibility index (Phi) is 6.02. The molecule has 182 valence electrons. The number of fused-ring (bicyclic) bond motifs is 5. The molecule has 4 aliphatic rings. The number of ketones is 2. The number of aliphatic hydroxyl groups is 2. The highest BCUT2D eigenvalue weighted by atomic mass is 79.9. The van der Waals surface area contributed by atoms with E-state index < -0.39 is 81.2 Å². The van der Waals surface area contributed by atoms with Crippen molar-refractivity contribution in [3.05, 3.63) is 22.2 Å². The van der Waals surface area contributed by atoms with Gasteiger partial charge in [0.2, 0.25) is 0 Å². The SMILES string of the molecule is C[C@]12C=C(Br)C(=O)C=C1[C@H](F)C(CC(=O)O)[C@H]1[C@@H]3CC[C@](O)(C(=O)CO)[C@@]3(C)C[C@H](Cl)[C@@]12Cl. The molecule has 3 N–H and O–H groups in total. The average Bonchev–Trinajstić information content (AvgIpc) is 2.99. The van der Waals surface area contributed by atoms with Crippen molar-refractivity contribution in [1.29, 1.82) is 0 Å². The molecule has 3 saturated carbocycles. The lowest BCUT2D eigenvalue weighted by molar-refractivity contribution is -0.167. The van der Waals surface area contributed by atoms with Crippen LogP contribution in [0.2, 0.25) is 0 Å². The Labute approximate surface area is 209 Å². The summed E-state index contributed by atoms with van der Waals surface area (Å²) in [4.78, 5) is 35.4. The zero-order valence-electron chi connectivity index (χ0n) is 18.2. The van der Waals surface area contributed by atoms with E-state index in [2.05, 4.69) is 15.9 Å². The standard InChI is InChI=1S/C23H26BrCl2FO6/c1-20-8-15(25)23(26)18(11(20)3-4-22(20,33)16(30)9-28)10(5-17(31)32)19(27)12-6-14(29)13(24)7-21(12,23)2/h6-7,10-11,15,18-19,28,33H,3-5,8-9H2,1-2H3,(H,31,32)/t10?,11-,15-,18-,19+,20-,21-,22-,23+/m0/s1. The van der Waals surface area contributed by atoms with Gasteiger partial charge in [-0.25, -0.2) is 4.39 Å². The van der Waals surface area contributed by atoms with E-state index in [0.29, 0.717) is 6.42 Å². The normalized spacial score (nSPS) is 48.8. The summed E-state index contributed by atoms with van der Waals surface area (Å²) in [6, 6.07) is 0. The predicted octanol–water partition coefficient (Wildman–Crippen LogP) is 3.54. The lowest BCUT2D eigenvalue weighted by atomic mass is 9.43. The fourth-order valence-electron chi connectivity index (χ4n) is 7.37. The molecule has 0 heterocycles. The third-order valence-corrected chi connectivity index (χ3v) is 11.2. The number of aliphatic carboxylic acids is 1. The maximum Gasteiger partial charge on any atom is 0.303 e. The van der Waals surface area contributed by atoms with Crippen molar-refractivity contribution >= 4 is 56.7 Å². The topological polar surface area (TPSA) is 112 Å². The van der Waals surface area contributed by atoms with Gasteiger partial charge < -0.3 is 15.3 Å². The summed E-state index contributed by atoms with van der Waals surface area (Å²) in [5.41, 5.74) is -4.13. The first-order chi connectivity index (χ1) is 15.2. The third kappa shape index (κ3) is 3.06. The highest BCUT2D eigenvalue weighted by molar-refractivity contribution is 9.12. The van der Waals surface area contributed by atoms with E-state index in [4.69, 9.17) is 23.2 Å². The van der Waals surface area contributed by atoms with Gasteiger partial charge in [0, 0.05) is 16.7 Å². The second-order valence-electron chi connectivity index (χ2n) is 10.3. The van der Waals surface area contributed by atoms with Crippen molar-refractivity contribution in [1.82, 2.24) is 0 Å². The average molecular weight is 568 g/mol. The maximum atomic E-state index is 16.2. The van der Waals surface area contributed by atoms with E-state index in [0.717, 1.165) is 0 Å². The second kappa shape index (κ2) is 7.85. The number of allylic oxidation sites excluding steroid dienone is 4. The van der Waals surface area contributed by atoms with Gasteiger partial charge >= 0.3 is 5.97 Å². The summed E-state index contributed by atoms with van der Waals surface area (Å²) >= 11 is 17.6. The largest absolute Gasteiger partial charge is 0.481 e. The Morgan fingerprint density at radius 2 is 1.97 bits per heavy atom. The minimum atomic E-state index is -1.88. The molecule has 0 amide bonds. The van der Waals surface area contributed by atoms with Crippen molar-refractivity contribution in [2.75, 3.05) is 6.61 Å². The molecule has 0 aromatic carbocycles. The highest BCUT2D eigenvalue weighted by Gasteiger charge is 2.76. The lowest BCUT2D eigenvalue weighted by Gasteiger charge is -2.66. The van der Waals surface area contributed by atoms with Crippen LogP contribution in [0, 0.1) is 28.6 Å². The molecule has 4 rings (SSSR count). The van der Waals surface area contributed by atoms with Crippen molar-refractivity contribution in [3.63, 3.8) is 0 Å². The molecular weight excluding hydrogens is 542 g/mol. The fourth-order valence-corrected chi connectivity index (χ4v) is 9.19. The molecule has 10 heteroatoms. The number of carboxylic acids is 1. The van der Waals surface area contributed by atoms with Gasteiger partial charge in [0.1, 0.15) is 18.4 Å².